The van der Waals surface area contributed by atoms with Gasteiger partial charge in [-0.25, -0.2) is 0 Å². The molecule has 0 spiro atoms. The van der Waals surface area contributed by atoms with E-state index in [1.54, 1.807) is 18.4 Å². The van der Waals surface area contributed by atoms with Gasteiger partial charge in [-0.15, -0.1) is 11.3 Å². The van der Waals surface area contributed by atoms with Gasteiger partial charge in [0.05, 0.1) is 12.7 Å². The number of aliphatic carboxylic acids is 1. The number of thiophene rings is 1. The van der Waals surface area contributed by atoms with Crippen molar-refractivity contribution in [2.75, 3.05) is 7.11 Å². The second kappa shape index (κ2) is 9.26. The molecule has 0 radical (unpaired) electrons. The summed E-state index contributed by atoms with van der Waals surface area (Å²) < 4.78 is 6.45. The largest absolute Gasteiger partial charge is 0.497 e. The summed E-state index contributed by atoms with van der Waals surface area (Å²) in [5, 5.41) is 15.1. The van der Waals surface area contributed by atoms with Crippen molar-refractivity contribution in [3.63, 3.8) is 0 Å². The van der Waals surface area contributed by atoms with Crippen LogP contribution in [-0.4, -0.2) is 30.1 Å². The fraction of sp³-hybridized carbons (Fsp3) is 0.538. The Morgan fingerprint density at radius 1 is 1.28 bits per heavy atom. The van der Waals surface area contributed by atoms with Crippen LogP contribution in [0.15, 0.2) is 35.7 Å². The molecule has 32 heavy (non-hydrogen) atoms. The van der Waals surface area contributed by atoms with E-state index >= 15 is 0 Å². The van der Waals surface area contributed by atoms with Gasteiger partial charge < -0.3 is 15.2 Å². The van der Waals surface area contributed by atoms with Crippen LogP contribution in [0.25, 0.3) is 10.1 Å². The third kappa shape index (κ3) is 4.42. The van der Waals surface area contributed by atoms with Gasteiger partial charge in [-0.2, -0.15) is 0 Å². The lowest BCUT2D eigenvalue weighted by atomic mass is 9.44. The van der Waals surface area contributed by atoms with Crippen LogP contribution in [-0.2, 0) is 4.79 Å². The van der Waals surface area contributed by atoms with E-state index in [2.05, 4.69) is 31.3 Å². The highest BCUT2D eigenvalue weighted by Crippen LogP contribution is 2.61. The minimum Gasteiger partial charge on any atom is -0.497 e. The van der Waals surface area contributed by atoms with Gasteiger partial charge in [-0.1, -0.05) is 26.0 Å². The van der Waals surface area contributed by atoms with Crippen molar-refractivity contribution in [3.8, 4) is 5.75 Å². The molecule has 3 aliphatic rings. The number of nitrogens with one attached hydrogen (secondary N) is 1. The molecule has 5 rings (SSSR count). The predicted molar refractivity (Wildman–Crippen MR) is 128 cm³/mol. The molecule has 1 amide bonds. The van der Waals surface area contributed by atoms with Crippen LogP contribution in [0.5, 0.6) is 5.75 Å². The Balaban J connectivity index is 1.47. The fourth-order valence-corrected chi connectivity index (χ4v) is 6.59. The first-order chi connectivity index (χ1) is 15.3. The lowest BCUT2D eigenvalue weighted by Gasteiger charge is -2.62. The number of benzene rings is 1. The highest BCUT2D eigenvalue weighted by atomic mass is 32.1. The number of unbranched alkanes of at least 4 members (excludes halogenated alkanes) is 1. The number of rotatable bonds is 9. The van der Waals surface area contributed by atoms with Crippen molar-refractivity contribution in [2.24, 2.45) is 23.2 Å². The van der Waals surface area contributed by atoms with Crippen molar-refractivity contribution < 1.29 is 19.4 Å². The van der Waals surface area contributed by atoms with Gasteiger partial charge in [0, 0.05) is 27.9 Å². The number of ether oxygens (including phenoxy) is 1. The van der Waals surface area contributed by atoms with E-state index < -0.39 is 5.97 Å². The molecule has 1 aromatic heterocycles. The van der Waals surface area contributed by atoms with Gasteiger partial charge >= 0.3 is 5.97 Å². The first kappa shape index (κ1) is 22.8. The first-order valence-corrected chi connectivity index (χ1v) is 12.4. The topological polar surface area (TPSA) is 75.6 Å². The molecule has 0 aliphatic heterocycles. The zero-order chi connectivity index (χ0) is 22.9. The summed E-state index contributed by atoms with van der Waals surface area (Å²) in [5.41, 5.74) is 0.991. The third-order valence-corrected chi connectivity index (χ3v) is 8.73. The van der Waals surface area contributed by atoms with Gasteiger partial charge in [-0.05, 0) is 73.5 Å². The number of hydrogen-bond donors (Lipinski definition) is 2. The van der Waals surface area contributed by atoms with E-state index in [-0.39, 0.29) is 23.8 Å². The molecule has 6 heteroatoms. The van der Waals surface area contributed by atoms with E-state index in [4.69, 9.17) is 9.84 Å². The molecule has 0 saturated heterocycles. The summed E-state index contributed by atoms with van der Waals surface area (Å²) in [7, 11) is 1.64. The van der Waals surface area contributed by atoms with Crippen LogP contribution in [0.1, 0.15) is 62.7 Å². The zero-order valence-electron chi connectivity index (χ0n) is 19.1. The second-order valence-corrected chi connectivity index (χ2v) is 10.8. The Kier molecular flexibility index (Phi) is 6.61. The van der Waals surface area contributed by atoms with Crippen molar-refractivity contribution in [2.45, 2.75) is 58.4 Å². The highest BCUT2D eigenvalue weighted by Gasteiger charge is 2.57. The van der Waals surface area contributed by atoms with Gasteiger partial charge in [-0.3, -0.25) is 9.59 Å². The maximum Gasteiger partial charge on any atom is 0.303 e. The number of carboxylic acid groups (broad SMARTS) is 1. The molecule has 4 atom stereocenters. The predicted octanol–water partition coefficient (Wildman–Crippen LogP) is 5.89. The molecule has 3 aliphatic carbocycles. The summed E-state index contributed by atoms with van der Waals surface area (Å²) >= 11 is 1.59. The van der Waals surface area contributed by atoms with E-state index in [1.807, 2.05) is 23.6 Å². The molecule has 1 heterocycles. The number of hydrogen-bond acceptors (Lipinski definition) is 4. The summed E-state index contributed by atoms with van der Waals surface area (Å²) in [5.74, 6) is 1.66. The average molecular weight is 456 g/mol. The molecular weight excluding hydrogens is 422 g/mol. The molecule has 3 fully saturated rings. The molecule has 2 N–H and O–H groups in total. The lowest BCUT2D eigenvalue weighted by molar-refractivity contribution is -0.137. The van der Waals surface area contributed by atoms with Crippen LogP contribution < -0.4 is 10.1 Å². The zero-order valence-corrected chi connectivity index (χ0v) is 19.9. The first-order valence-electron chi connectivity index (χ1n) is 11.5. The Bertz CT molecular complexity index is 1020. The standard InChI is InChI=1S/C26H33NO4S/c1-26(2)17-12-16(8-6-4-5-7-9-23(28)29)24(21(26)13-17)27-25(30)20-15-32-22-11-10-18(31-3)14-19(20)22/h4,6,10-11,14-17,21,24H,5,7-9,12-13H2,1-3H3,(H,27,30)(H,28,29)/t16-,17+,21+,24+/m0/s1. The minimum absolute atomic E-state index is 0.00564. The molecule has 2 bridgehead atoms. The molecule has 0 unspecified atom stereocenters. The summed E-state index contributed by atoms with van der Waals surface area (Å²) in [6.07, 6.45) is 9.21. The van der Waals surface area contributed by atoms with Crippen LogP contribution >= 0.6 is 11.3 Å². The fourth-order valence-electron chi connectivity index (χ4n) is 5.67. The van der Waals surface area contributed by atoms with E-state index in [1.165, 1.54) is 6.42 Å². The number of fused-ring (bicyclic) bond motifs is 3. The van der Waals surface area contributed by atoms with Gasteiger partial charge in [0.2, 0.25) is 0 Å². The highest BCUT2D eigenvalue weighted by molar-refractivity contribution is 7.17. The molecule has 1 aromatic carbocycles. The third-order valence-electron chi connectivity index (χ3n) is 7.76. The van der Waals surface area contributed by atoms with Crippen LogP contribution in [0.3, 0.4) is 0 Å². The van der Waals surface area contributed by atoms with Crippen LogP contribution in [0.2, 0.25) is 0 Å². The number of carbonyl (C=O) groups is 2. The van der Waals surface area contributed by atoms with Crippen molar-refractivity contribution in [1.82, 2.24) is 5.32 Å². The summed E-state index contributed by atoms with van der Waals surface area (Å²) in [4.78, 5) is 24.0. The Hall–Kier alpha value is -2.34. The monoisotopic (exact) mass is 455 g/mol. The number of methoxy groups -OCH3 is 1. The van der Waals surface area contributed by atoms with E-state index in [9.17, 15) is 9.59 Å². The van der Waals surface area contributed by atoms with Crippen LogP contribution in [0, 0.1) is 23.2 Å². The Morgan fingerprint density at radius 2 is 2.09 bits per heavy atom. The normalized spacial score (nSPS) is 26.1. The molecule has 172 valence electrons. The maximum absolute atomic E-state index is 13.4. The quantitative estimate of drug-likeness (QED) is 0.365. The van der Waals surface area contributed by atoms with E-state index in [0.29, 0.717) is 18.3 Å². The average Bonchev–Trinajstić information content (AvgIpc) is 3.19. The smallest absolute Gasteiger partial charge is 0.303 e. The minimum atomic E-state index is -0.741. The molecule has 3 saturated carbocycles. The van der Waals surface area contributed by atoms with Crippen molar-refractivity contribution in [1.29, 1.82) is 0 Å². The number of allylic oxidation sites excluding steroid dienone is 2. The molecule has 5 nitrogen and oxygen atoms in total. The summed E-state index contributed by atoms with van der Waals surface area (Å²) in [6, 6.07) is 6.04. The van der Waals surface area contributed by atoms with Crippen LogP contribution in [0.4, 0.5) is 0 Å². The SMILES string of the molecule is COc1ccc2scc(C(=O)N[C@@H]3[C@@H](CC=CCCCC(=O)O)C[C@@H]4C[C@H]3C4(C)C)c2c1. The lowest BCUT2D eigenvalue weighted by Crippen LogP contribution is -2.63. The molecular formula is C26H33NO4S. The number of carbonyl (C=O) groups excluding carboxylic acids is 1. The van der Waals surface area contributed by atoms with Gasteiger partial charge in [0.1, 0.15) is 5.75 Å². The van der Waals surface area contributed by atoms with Crippen molar-refractivity contribution >= 4 is 33.3 Å². The van der Waals surface area contributed by atoms with Crippen molar-refractivity contribution in [3.05, 3.63) is 41.3 Å². The Labute approximate surface area is 193 Å². The van der Waals surface area contributed by atoms with Gasteiger partial charge in [0.15, 0.2) is 0 Å². The number of amides is 1. The summed E-state index contributed by atoms with van der Waals surface area (Å²) in [6.45, 7) is 4.68. The molecule has 2 aromatic rings. The second-order valence-electron chi connectivity index (χ2n) is 9.86. The van der Waals surface area contributed by atoms with Gasteiger partial charge in [0.25, 0.3) is 5.91 Å². The maximum atomic E-state index is 13.4. The Morgan fingerprint density at radius 3 is 2.81 bits per heavy atom. The number of carboxylic acids is 1. The van der Waals surface area contributed by atoms with E-state index in [0.717, 1.165) is 46.6 Å².